The number of hydrogen-bond acceptors (Lipinski definition) is 1. The van der Waals surface area contributed by atoms with Gasteiger partial charge in [-0.1, -0.05) is 65.5 Å². The molecule has 0 radical (unpaired) electrons. The Morgan fingerprint density at radius 3 is 1.88 bits per heavy atom. The zero-order chi connectivity index (χ0) is 18.7. The predicted octanol–water partition coefficient (Wildman–Crippen LogP) is 5.86. The maximum Gasteiger partial charge on any atom is 0.194 e. The second-order valence-electron chi connectivity index (χ2n) is 8.11. The Bertz CT molecular complexity index is 548. The van der Waals surface area contributed by atoms with Gasteiger partial charge >= 0.3 is 0 Å². The standard InChI is InChI=1S/C19H36N3PSi/c1-14(2)23(15(3)4)21-19(22(7)24(8,9)10)20-18-16(5)12-11-13-17(18)6/h11-15H,1-10H3,(H,20,21). The number of benzene rings is 1. The van der Waals surface area contributed by atoms with Crippen molar-refractivity contribution >= 4 is 28.0 Å². The summed E-state index contributed by atoms with van der Waals surface area (Å²) in [6, 6.07) is 6.39. The molecule has 0 spiro atoms. The molecular weight excluding hydrogens is 329 g/mol. The van der Waals surface area contributed by atoms with Gasteiger partial charge in [-0.2, -0.15) is 0 Å². The Morgan fingerprint density at radius 1 is 1.04 bits per heavy atom. The maximum atomic E-state index is 5.11. The van der Waals surface area contributed by atoms with E-state index in [9.17, 15) is 0 Å². The number of nitrogens with one attached hydrogen (secondary N) is 1. The molecule has 0 heterocycles. The van der Waals surface area contributed by atoms with Crippen molar-refractivity contribution in [3.05, 3.63) is 29.3 Å². The Balaban J connectivity index is 3.36. The number of rotatable bonds is 5. The van der Waals surface area contributed by atoms with E-state index in [1.807, 2.05) is 0 Å². The first-order valence-corrected chi connectivity index (χ1v) is 13.8. The van der Waals surface area contributed by atoms with Gasteiger partial charge in [0.15, 0.2) is 14.2 Å². The average molecular weight is 366 g/mol. The molecule has 1 rings (SSSR count). The highest BCUT2D eigenvalue weighted by Crippen LogP contribution is 2.42. The van der Waals surface area contributed by atoms with E-state index in [0.29, 0.717) is 11.3 Å². The fourth-order valence-electron chi connectivity index (χ4n) is 2.55. The summed E-state index contributed by atoms with van der Waals surface area (Å²) in [7, 11) is 0.383. The third-order valence-electron chi connectivity index (χ3n) is 4.32. The summed E-state index contributed by atoms with van der Waals surface area (Å²) in [6.45, 7) is 20.6. The van der Waals surface area contributed by atoms with Crippen molar-refractivity contribution in [2.45, 2.75) is 72.5 Å². The Hall–Kier alpha value is -0.863. The molecule has 1 aromatic carbocycles. The molecule has 0 amide bonds. The molecule has 0 atom stereocenters. The molecule has 136 valence electrons. The first-order valence-electron chi connectivity index (χ1n) is 8.89. The number of hydrogen-bond donors (Lipinski definition) is 1. The molecule has 0 aromatic heterocycles. The van der Waals surface area contributed by atoms with Gasteiger partial charge in [-0.25, -0.2) is 4.99 Å². The van der Waals surface area contributed by atoms with Crippen LogP contribution < -0.4 is 5.09 Å². The van der Waals surface area contributed by atoms with Crippen LogP contribution >= 0.6 is 8.07 Å². The van der Waals surface area contributed by atoms with E-state index in [1.165, 1.54) is 11.1 Å². The summed E-state index contributed by atoms with van der Waals surface area (Å²) in [4.78, 5) is 5.11. The van der Waals surface area contributed by atoms with Gasteiger partial charge in [0.2, 0.25) is 0 Å². The van der Waals surface area contributed by atoms with Crippen LogP contribution in [0.1, 0.15) is 38.8 Å². The molecule has 3 nitrogen and oxygen atoms in total. The second kappa shape index (κ2) is 8.49. The summed E-state index contributed by atoms with van der Waals surface area (Å²) < 4.78 is 2.40. The number of aryl methyl sites for hydroxylation is 2. The monoisotopic (exact) mass is 365 g/mol. The van der Waals surface area contributed by atoms with E-state index in [2.05, 4.69) is 96.1 Å². The van der Waals surface area contributed by atoms with E-state index < -0.39 is 8.24 Å². The quantitative estimate of drug-likeness (QED) is 0.306. The van der Waals surface area contributed by atoms with Crippen LogP contribution in [-0.2, 0) is 0 Å². The summed E-state index contributed by atoms with van der Waals surface area (Å²) in [6.07, 6.45) is 0. The third kappa shape index (κ3) is 5.60. The van der Waals surface area contributed by atoms with Crippen molar-refractivity contribution in [1.82, 2.24) is 9.65 Å². The first-order chi connectivity index (χ1) is 10.9. The van der Waals surface area contributed by atoms with Crippen molar-refractivity contribution in [3.63, 3.8) is 0 Å². The molecule has 0 fully saturated rings. The average Bonchev–Trinajstić information content (AvgIpc) is 2.43. The molecule has 0 aliphatic carbocycles. The highest BCUT2D eigenvalue weighted by Gasteiger charge is 2.27. The summed E-state index contributed by atoms with van der Waals surface area (Å²) in [5.74, 6) is 1.04. The van der Waals surface area contributed by atoms with Crippen LogP contribution in [0.4, 0.5) is 5.69 Å². The SMILES string of the molecule is Cc1cccc(C)c1/N=C(/NP(C(C)C)C(C)C)N(C)[Si](C)(C)C. The van der Waals surface area contributed by atoms with Gasteiger partial charge in [0.1, 0.15) is 0 Å². The molecule has 0 saturated carbocycles. The molecule has 1 N–H and O–H groups in total. The topological polar surface area (TPSA) is 27.6 Å². The number of guanidine groups is 1. The Morgan fingerprint density at radius 2 is 1.50 bits per heavy atom. The van der Waals surface area contributed by atoms with Crippen LogP contribution in [0.2, 0.25) is 19.6 Å². The molecule has 0 saturated heterocycles. The van der Waals surface area contributed by atoms with Crippen LogP contribution in [0.3, 0.4) is 0 Å². The lowest BCUT2D eigenvalue weighted by Crippen LogP contribution is -2.51. The number of para-hydroxylation sites is 1. The highest BCUT2D eigenvalue weighted by atomic mass is 31.1. The van der Waals surface area contributed by atoms with E-state index in [-0.39, 0.29) is 8.07 Å². The Labute approximate surface area is 151 Å². The minimum absolute atomic E-state index is 0.313. The van der Waals surface area contributed by atoms with Gasteiger partial charge in [0.05, 0.1) is 5.69 Å². The molecule has 5 heteroatoms. The van der Waals surface area contributed by atoms with Gasteiger partial charge in [0.25, 0.3) is 0 Å². The third-order valence-corrected chi connectivity index (χ3v) is 9.23. The molecule has 1 aromatic rings. The van der Waals surface area contributed by atoms with E-state index >= 15 is 0 Å². The van der Waals surface area contributed by atoms with Gasteiger partial charge in [0, 0.05) is 7.05 Å². The lowest BCUT2D eigenvalue weighted by molar-refractivity contribution is 0.732. The first kappa shape index (κ1) is 21.2. The lowest BCUT2D eigenvalue weighted by Gasteiger charge is -2.37. The van der Waals surface area contributed by atoms with E-state index in [0.717, 1.165) is 11.6 Å². The Kier molecular flexibility index (Phi) is 7.49. The second-order valence-corrected chi connectivity index (χ2v) is 16.2. The molecule has 0 bridgehead atoms. The zero-order valence-corrected chi connectivity index (χ0v) is 19.1. The van der Waals surface area contributed by atoms with Crippen LogP contribution in [0.5, 0.6) is 0 Å². The fraction of sp³-hybridized carbons (Fsp3) is 0.632. The van der Waals surface area contributed by atoms with E-state index in [4.69, 9.17) is 4.99 Å². The lowest BCUT2D eigenvalue weighted by atomic mass is 10.1. The van der Waals surface area contributed by atoms with Crippen molar-refractivity contribution in [2.75, 3.05) is 7.05 Å². The minimum atomic E-state index is -1.50. The van der Waals surface area contributed by atoms with E-state index in [1.54, 1.807) is 0 Å². The van der Waals surface area contributed by atoms with Gasteiger partial charge < -0.3 is 9.65 Å². The number of nitrogens with zero attached hydrogens (tertiary/aromatic N) is 2. The zero-order valence-electron chi connectivity index (χ0n) is 17.2. The normalized spacial score (nSPS) is 13.1. The fourth-order valence-corrected chi connectivity index (χ4v) is 5.53. The van der Waals surface area contributed by atoms with Gasteiger partial charge in [-0.3, -0.25) is 0 Å². The highest BCUT2D eigenvalue weighted by molar-refractivity contribution is 7.57. The van der Waals surface area contributed by atoms with Crippen LogP contribution in [0, 0.1) is 13.8 Å². The summed E-state index contributed by atoms with van der Waals surface area (Å²) in [5.41, 5.74) is 4.82. The number of aliphatic imine (C=N–C) groups is 1. The molecular formula is C19H36N3PSi. The van der Waals surface area contributed by atoms with Gasteiger partial charge in [-0.05, 0) is 44.4 Å². The summed E-state index contributed by atoms with van der Waals surface area (Å²) in [5, 5.41) is 3.84. The van der Waals surface area contributed by atoms with Crippen molar-refractivity contribution in [3.8, 4) is 0 Å². The smallest absolute Gasteiger partial charge is 0.194 e. The molecule has 0 aliphatic rings. The maximum absolute atomic E-state index is 5.11. The van der Waals surface area contributed by atoms with Crippen LogP contribution in [0.15, 0.2) is 23.2 Å². The largest absolute Gasteiger partial charge is 0.372 e. The van der Waals surface area contributed by atoms with Crippen molar-refractivity contribution in [2.24, 2.45) is 4.99 Å². The molecule has 0 aliphatic heterocycles. The van der Waals surface area contributed by atoms with Crippen molar-refractivity contribution in [1.29, 1.82) is 0 Å². The molecule has 24 heavy (non-hydrogen) atoms. The minimum Gasteiger partial charge on any atom is -0.372 e. The predicted molar refractivity (Wildman–Crippen MR) is 114 cm³/mol. The molecule has 0 unspecified atom stereocenters. The van der Waals surface area contributed by atoms with Crippen molar-refractivity contribution < 1.29 is 0 Å². The van der Waals surface area contributed by atoms with Crippen LogP contribution in [0.25, 0.3) is 0 Å². The summed E-state index contributed by atoms with van der Waals surface area (Å²) >= 11 is 0. The van der Waals surface area contributed by atoms with Crippen LogP contribution in [-0.4, -0.2) is 37.1 Å². The van der Waals surface area contributed by atoms with Gasteiger partial charge in [-0.15, -0.1) is 0 Å².